The lowest BCUT2D eigenvalue weighted by atomic mass is 10.3. The highest BCUT2D eigenvalue weighted by Gasteiger charge is 1.96. The molecule has 0 saturated carbocycles. The second-order valence-corrected chi connectivity index (χ2v) is 3.14. The predicted molar refractivity (Wildman–Crippen MR) is 50.6 cm³/mol. The van der Waals surface area contributed by atoms with Crippen LogP contribution in [0.4, 0.5) is 0 Å². The largest absolute Gasteiger partial charge is 0.331 e. The Morgan fingerprint density at radius 1 is 1.38 bits per heavy atom. The summed E-state index contributed by atoms with van der Waals surface area (Å²) < 4.78 is 1.94. The molecule has 2 aromatic rings. The Kier molecular flexibility index (Phi) is 2.27. The fourth-order valence-corrected chi connectivity index (χ4v) is 1.28. The highest BCUT2D eigenvalue weighted by molar-refractivity contribution is 6.30. The van der Waals surface area contributed by atoms with E-state index in [0.717, 1.165) is 5.69 Å². The van der Waals surface area contributed by atoms with E-state index in [0.29, 0.717) is 11.6 Å². The molecule has 3 nitrogen and oxygen atoms in total. The van der Waals surface area contributed by atoms with Gasteiger partial charge in [0.25, 0.3) is 0 Å². The molecule has 0 aliphatic rings. The van der Waals surface area contributed by atoms with Crippen LogP contribution in [0.25, 0.3) is 0 Å². The summed E-state index contributed by atoms with van der Waals surface area (Å²) in [7, 11) is 0. The SMILES string of the molecule is Clc1ccnc(Cn2ccnc2)c1. The average Bonchev–Trinajstić information content (AvgIpc) is 2.57. The van der Waals surface area contributed by atoms with E-state index in [4.69, 9.17) is 11.6 Å². The van der Waals surface area contributed by atoms with Crippen molar-refractivity contribution in [2.75, 3.05) is 0 Å². The molecule has 0 spiro atoms. The van der Waals surface area contributed by atoms with Crippen molar-refractivity contribution >= 4 is 11.6 Å². The minimum atomic E-state index is 0.709. The maximum absolute atomic E-state index is 5.82. The van der Waals surface area contributed by atoms with Gasteiger partial charge in [0.05, 0.1) is 18.6 Å². The standard InChI is InChI=1S/C9H8ClN3/c10-8-1-2-12-9(5-8)6-13-4-3-11-7-13/h1-5,7H,6H2. The van der Waals surface area contributed by atoms with Crippen LogP contribution in [0.5, 0.6) is 0 Å². The minimum absolute atomic E-state index is 0.709. The normalized spacial score (nSPS) is 10.2. The topological polar surface area (TPSA) is 30.7 Å². The zero-order valence-electron chi connectivity index (χ0n) is 6.89. The first-order valence-corrected chi connectivity index (χ1v) is 4.28. The van der Waals surface area contributed by atoms with Crippen molar-refractivity contribution in [1.29, 1.82) is 0 Å². The summed E-state index contributed by atoms with van der Waals surface area (Å²) in [5, 5.41) is 0.713. The molecule has 0 unspecified atom stereocenters. The molecule has 2 aromatic heterocycles. The van der Waals surface area contributed by atoms with Crippen LogP contribution < -0.4 is 0 Å². The first-order valence-electron chi connectivity index (χ1n) is 3.91. The second kappa shape index (κ2) is 3.58. The summed E-state index contributed by atoms with van der Waals surface area (Å²) in [6.45, 7) is 0.709. The fraction of sp³-hybridized carbons (Fsp3) is 0.111. The van der Waals surface area contributed by atoms with E-state index in [1.54, 1.807) is 24.8 Å². The maximum atomic E-state index is 5.82. The third-order valence-corrected chi connectivity index (χ3v) is 1.92. The Bertz CT molecular complexity index is 384. The van der Waals surface area contributed by atoms with Crippen molar-refractivity contribution in [3.63, 3.8) is 0 Å². The van der Waals surface area contributed by atoms with Gasteiger partial charge in [-0.15, -0.1) is 0 Å². The number of halogens is 1. The zero-order chi connectivity index (χ0) is 9.10. The molecule has 2 rings (SSSR count). The summed E-state index contributed by atoms with van der Waals surface area (Å²) in [6.07, 6.45) is 7.09. The van der Waals surface area contributed by atoms with E-state index in [2.05, 4.69) is 9.97 Å². The molecule has 0 radical (unpaired) electrons. The van der Waals surface area contributed by atoms with Gasteiger partial charge in [-0.1, -0.05) is 11.6 Å². The molecular formula is C9H8ClN3. The first kappa shape index (κ1) is 8.26. The molecule has 13 heavy (non-hydrogen) atoms. The van der Waals surface area contributed by atoms with Crippen LogP contribution in [0.2, 0.25) is 5.02 Å². The van der Waals surface area contributed by atoms with E-state index in [9.17, 15) is 0 Å². The Balaban J connectivity index is 2.19. The quantitative estimate of drug-likeness (QED) is 0.730. The summed E-state index contributed by atoms with van der Waals surface area (Å²) in [4.78, 5) is 8.12. The molecule has 0 amide bonds. The molecular weight excluding hydrogens is 186 g/mol. The van der Waals surface area contributed by atoms with Crippen molar-refractivity contribution in [1.82, 2.24) is 14.5 Å². The molecule has 0 saturated heterocycles. The monoisotopic (exact) mass is 193 g/mol. The van der Waals surface area contributed by atoms with Crippen molar-refractivity contribution < 1.29 is 0 Å². The lowest BCUT2D eigenvalue weighted by Crippen LogP contribution is -1.98. The average molecular weight is 194 g/mol. The summed E-state index contributed by atoms with van der Waals surface area (Å²) in [6, 6.07) is 3.61. The Morgan fingerprint density at radius 3 is 3.00 bits per heavy atom. The third-order valence-electron chi connectivity index (χ3n) is 1.68. The smallest absolute Gasteiger partial charge is 0.0949 e. The molecule has 0 fully saturated rings. The van der Waals surface area contributed by atoms with Gasteiger partial charge in [-0.25, -0.2) is 4.98 Å². The van der Waals surface area contributed by atoms with Gasteiger partial charge in [-0.05, 0) is 12.1 Å². The lowest BCUT2D eigenvalue weighted by Gasteiger charge is -2.00. The van der Waals surface area contributed by atoms with Gasteiger partial charge in [-0.2, -0.15) is 0 Å². The Hall–Kier alpha value is -1.35. The number of rotatable bonds is 2. The lowest BCUT2D eigenvalue weighted by molar-refractivity contribution is 0.773. The molecule has 0 aromatic carbocycles. The molecule has 0 N–H and O–H groups in total. The zero-order valence-corrected chi connectivity index (χ0v) is 7.65. The summed E-state index contributed by atoms with van der Waals surface area (Å²) in [5.41, 5.74) is 0.936. The third kappa shape index (κ3) is 2.06. The van der Waals surface area contributed by atoms with Crippen molar-refractivity contribution in [2.45, 2.75) is 6.54 Å². The van der Waals surface area contributed by atoms with Crippen LogP contribution >= 0.6 is 11.6 Å². The number of imidazole rings is 1. The van der Waals surface area contributed by atoms with E-state index in [1.807, 2.05) is 16.8 Å². The van der Waals surface area contributed by atoms with Gasteiger partial charge in [0, 0.05) is 23.6 Å². The van der Waals surface area contributed by atoms with E-state index in [1.165, 1.54) is 0 Å². The van der Waals surface area contributed by atoms with Crippen LogP contribution in [-0.4, -0.2) is 14.5 Å². The molecule has 2 heterocycles. The van der Waals surface area contributed by atoms with Crippen LogP contribution in [-0.2, 0) is 6.54 Å². The van der Waals surface area contributed by atoms with Crippen LogP contribution in [0.3, 0.4) is 0 Å². The molecule has 66 valence electrons. The molecule has 0 aliphatic carbocycles. The van der Waals surface area contributed by atoms with Crippen LogP contribution in [0, 0.1) is 0 Å². The van der Waals surface area contributed by atoms with E-state index < -0.39 is 0 Å². The van der Waals surface area contributed by atoms with Gasteiger partial charge < -0.3 is 4.57 Å². The highest BCUT2D eigenvalue weighted by atomic mass is 35.5. The number of hydrogen-bond acceptors (Lipinski definition) is 2. The fourth-order valence-electron chi connectivity index (χ4n) is 1.10. The Labute approximate surface area is 81.0 Å². The van der Waals surface area contributed by atoms with Crippen molar-refractivity contribution in [2.24, 2.45) is 0 Å². The molecule has 0 atom stereocenters. The summed E-state index contributed by atoms with van der Waals surface area (Å²) in [5.74, 6) is 0. The number of pyridine rings is 1. The Morgan fingerprint density at radius 2 is 2.31 bits per heavy atom. The van der Waals surface area contributed by atoms with Crippen molar-refractivity contribution in [3.8, 4) is 0 Å². The molecule has 0 bridgehead atoms. The number of hydrogen-bond donors (Lipinski definition) is 0. The highest BCUT2D eigenvalue weighted by Crippen LogP contribution is 2.08. The number of aromatic nitrogens is 3. The van der Waals surface area contributed by atoms with Crippen molar-refractivity contribution in [3.05, 3.63) is 47.8 Å². The number of nitrogens with zero attached hydrogens (tertiary/aromatic N) is 3. The first-order chi connectivity index (χ1) is 6.34. The van der Waals surface area contributed by atoms with Gasteiger partial charge in [0.1, 0.15) is 0 Å². The van der Waals surface area contributed by atoms with E-state index >= 15 is 0 Å². The molecule has 0 aliphatic heterocycles. The van der Waals surface area contributed by atoms with Gasteiger partial charge in [0.2, 0.25) is 0 Å². The maximum Gasteiger partial charge on any atom is 0.0949 e. The van der Waals surface area contributed by atoms with E-state index in [-0.39, 0.29) is 0 Å². The van der Waals surface area contributed by atoms with Gasteiger partial charge in [-0.3, -0.25) is 4.98 Å². The van der Waals surface area contributed by atoms with Crippen LogP contribution in [0.1, 0.15) is 5.69 Å². The second-order valence-electron chi connectivity index (χ2n) is 2.70. The predicted octanol–water partition coefficient (Wildman–Crippen LogP) is 1.98. The minimum Gasteiger partial charge on any atom is -0.331 e. The van der Waals surface area contributed by atoms with Crippen LogP contribution in [0.15, 0.2) is 37.1 Å². The van der Waals surface area contributed by atoms with Gasteiger partial charge >= 0.3 is 0 Å². The molecule has 4 heteroatoms. The van der Waals surface area contributed by atoms with Gasteiger partial charge in [0.15, 0.2) is 0 Å². The summed E-state index contributed by atoms with van der Waals surface area (Å²) >= 11 is 5.82.